The highest BCUT2D eigenvalue weighted by atomic mass is 79.9. The summed E-state index contributed by atoms with van der Waals surface area (Å²) < 4.78 is 1.14. The van der Waals surface area contributed by atoms with Crippen molar-refractivity contribution in [1.82, 2.24) is 5.32 Å². The van der Waals surface area contributed by atoms with Crippen LogP contribution < -0.4 is 5.32 Å². The molecule has 2 N–H and O–H groups in total. The standard InChI is InChI=1S/C14H20BrNO/c1-2-13(9-17)16-14-7-11(8-14)10-3-5-12(15)6-4-10/h3-6,11,13-14,16-17H,2,7-9H2,1H3. The van der Waals surface area contributed by atoms with Crippen molar-refractivity contribution in [1.29, 1.82) is 0 Å². The molecule has 1 aliphatic rings. The third-order valence-corrected chi connectivity index (χ3v) is 4.19. The van der Waals surface area contributed by atoms with Crippen LogP contribution in [-0.4, -0.2) is 23.8 Å². The van der Waals surface area contributed by atoms with Crippen LogP contribution in [0.5, 0.6) is 0 Å². The molecule has 1 unspecified atom stereocenters. The second-order valence-electron chi connectivity index (χ2n) is 4.87. The van der Waals surface area contributed by atoms with Crippen molar-refractivity contribution in [3.05, 3.63) is 34.3 Å². The Hall–Kier alpha value is -0.380. The molecule has 2 nitrogen and oxygen atoms in total. The van der Waals surface area contributed by atoms with E-state index in [0.717, 1.165) is 10.9 Å². The molecular weight excluding hydrogens is 278 g/mol. The highest BCUT2D eigenvalue weighted by Gasteiger charge is 2.30. The zero-order valence-electron chi connectivity index (χ0n) is 10.2. The van der Waals surface area contributed by atoms with Gasteiger partial charge in [-0.15, -0.1) is 0 Å². The fraction of sp³-hybridized carbons (Fsp3) is 0.571. The van der Waals surface area contributed by atoms with E-state index in [9.17, 15) is 0 Å². The van der Waals surface area contributed by atoms with Crippen LogP contribution in [0.2, 0.25) is 0 Å². The van der Waals surface area contributed by atoms with Crippen LogP contribution >= 0.6 is 15.9 Å². The van der Waals surface area contributed by atoms with Crippen LogP contribution in [0.15, 0.2) is 28.7 Å². The van der Waals surface area contributed by atoms with Gasteiger partial charge in [-0.05, 0) is 42.9 Å². The zero-order valence-corrected chi connectivity index (χ0v) is 11.8. The number of hydrogen-bond donors (Lipinski definition) is 2. The molecule has 1 aromatic carbocycles. The molecule has 0 radical (unpaired) electrons. The molecule has 94 valence electrons. The first-order chi connectivity index (χ1) is 8.22. The quantitative estimate of drug-likeness (QED) is 0.875. The van der Waals surface area contributed by atoms with Gasteiger partial charge in [0.1, 0.15) is 0 Å². The highest BCUT2D eigenvalue weighted by Crippen LogP contribution is 2.37. The minimum Gasteiger partial charge on any atom is -0.395 e. The Balaban J connectivity index is 1.80. The van der Waals surface area contributed by atoms with Gasteiger partial charge < -0.3 is 10.4 Å². The van der Waals surface area contributed by atoms with Gasteiger partial charge in [0.2, 0.25) is 0 Å². The molecular formula is C14H20BrNO. The predicted octanol–water partition coefficient (Wildman–Crippen LogP) is 3.06. The topological polar surface area (TPSA) is 32.3 Å². The first-order valence-corrected chi connectivity index (χ1v) is 7.14. The highest BCUT2D eigenvalue weighted by molar-refractivity contribution is 9.10. The van der Waals surface area contributed by atoms with Gasteiger partial charge in [0.25, 0.3) is 0 Å². The molecule has 2 rings (SSSR count). The van der Waals surface area contributed by atoms with E-state index >= 15 is 0 Å². The summed E-state index contributed by atoms with van der Waals surface area (Å²) in [6.07, 6.45) is 3.38. The van der Waals surface area contributed by atoms with E-state index in [-0.39, 0.29) is 12.6 Å². The summed E-state index contributed by atoms with van der Waals surface area (Å²) in [7, 11) is 0. The van der Waals surface area contributed by atoms with Crippen molar-refractivity contribution in [2.24, 2.45) is 0 Å². The van der Waals surface area contributed by atoms with E-state index in [1.807, 2.05) is 0 Å². The Kier molecular flexibility index (Phi) is 4.60. The zero-order chi connectivity index (χ0) is 12.3. The molecule has 0 spiro atoms. The van der Waals surface area contributed by atoms with E-state index < -0.39 is 0 Å². The Morgan fingerprint density at radius 2 is 2.00 bits per heavy atom. The Bertz CT molecular complexity index is 342. The maximum absolute atomic E-state index is 9.14. The average Bonchev–Trinajstić information content (AvgIpc) is 2.30. The molecule has 1 atom stereocenters. The summed E-state index contributed by atoms with van der Waals surface area (Å²) in [4.78, 5) is 0. The van der Waals surface area contributed by atoms with Crippen molar-refractivity contribution in [3.8, 4) is 0 Å². The van der Waals surface area contributed by atoms with Crippen molar-refractivity contribution >= 4 is 15.9 Å². The first-order valence-electron chi connectivity index (χ1n) is 6.35. The van der Waals surface area contributed by atoms with Crippen LogP contribution in [0.3, 0.4) is 0 Å². The van der Waals surface area contributed by atoms with Gasteiger partial charge in [-0.25, -0.2) is 0 Å². The van der Waals surface area contributed by atoms with Crippen molar-refractivity contribution in [2.45, 2.75) is 44.2 Å². The monoisotopic (exact) mass is 297 g/mol. The molecule has 17 heavy (non-hydrogen) atoms. The van der Waals surface area contributed by atoms with E-state index in [4.69, 9.17) is 5.11 Å². The van der Waals surface area contributed by atoms with Crippen molar-refractivity contribution in [2.75, 3.05) is 6.61 Å². The molecule has 0 bridgehead atoms. The number of hydrogen-bond acceptors (Lipinski definition) is 2. The number of aliphatic hydroxyl groups is 1. The summed E-state index contributed by atoms with van der Waals surface area (Å²) >= 11 is 3.46. The molecule has 1 saturated carbocycles. The number of rotatable bonds is 5. The van der Waals surface area contributed by atoms with Crippen LogP contribution in [0.1, 0.15) is 37.7 Å². The first kappa shape index (κ1) is 13.1. The lowest BCUT2D eigenvalue weighted by atomic mass is 9.75. The van der Waals surface area contributed by atoms with E-state index in [0.29, 0.717) is 12.0 Å². The van der Waals surface area contributed by atoms with Crippen LogP contribution in [0.4, 0.5) is 0 Å². The van der Waals surface area contributed by atoms with Gasteiger partial charge in [-0.3, -0.25) is 0 Å². The van der Waals surface area contributed by atoms with E-state index in [1.165, 1.54) is 18.4 Å². The lowest BCUT2D eigenvalue weighted by Gasteiger charge is -2.38. The second-order valence-corrected chi connectivity index (χ2v) is 5.79. The van der Waals surface area contributed by atoms with Crippen LogP contribution in [-0.2, 0) is 0 Å². The van der Waals surface area contributed by atoms with Crippen molar-refractivity contribution in [3.63, 3.8) is 0 Å². The van der Waals surface area contributed by atoms with Gasteiger partial charge in [-0.2, -0.15) is 0 Å². The van der Waals surface area contributed by atoms with Gasteiger partial charge in [0.05, 0.1) is 6.61 Å². The van der Waals surface area contributed by atoms with Crippen LogP contribution in [0.25, 0.3) is 0 Å². The summed E-state index contributed by atoms with van der Waals surface area (Å²) in [6, 6.07) is 9.48. The molecule has 1 fully saturated rings. The van der Waals surface area contributed by atoms with Gasteiger partial charge in [-0.1, -0.05) is 35.0 Å². The third kappa shape index (κ3) is 3.30. The fourth-order valence-electron chi connectivity index (χ4n) is 2.39. The maximum atomic E-state index is 9.14. The van der Waals surface area contributed by atoms with E-state index in [2.05, 4.69) is 52.4 Å². The van der Waals surface area contributed by atoms with E-state index in [1.54, 1.807) is 0 Å². The van der Waals surface area contributed by atoms with Gasteiger partial charge >= 0.3 is 0 Å². The number of nitrogens with one attached hydrogen (secondary N) is 1. The number of benzene rings is 1. The summed E-state index contributed by atoms with van der Waals surface area (Å²) in [5, 5.41) is 12.6. The van der Waals surface area contributed by atoms with Crippen molar-refractivity contribution < 1.29 is 5.11 Å². The molecule has 0 aromatic heterocycles. The largest absolute Gasteiger partial charge is 0.395 e. The molecule has 1 aliphatic carbocycles. The lowest BCUT2D eigenvalue weighted by Crippen LogP contribution is -2.46. The minimum atomic E-state index is 0.246. The normalized spacial score (nSPS) is 25.4. The van der Waals surface area contributed by atoms with Gasteiger partial charge in [0.15, 0.2) is 0 Å². The maximum Gasteiger partial charge on any atom is 0.0584 e. The predicted molar refractivity (Wildman–Crippen MR) is 74.2 cm³/mol. The lowest BCUT2D eigenvalue weighted by molar-refractivity contribution is 0.193. The SMILES string of the molecule is CCC(CO)NC1CC(c2ccc(Br)cc2)C1. The Labute approximate surface area is 112 Å². The fourth-order valence-corrected chi connectivity index (χ4v) is 2.66. The Morgan fingerprint density at radius 3 is 2.53 bits per heavy atom. The van der Waals surface area contributed by atoms with Gasteiger partial charge in [0, 0.05) is 16.6 Å². The average molecular weight is 298 g/mol. The molecule has 0 amide bonds. The summed E-state index contributed by atoms with van der Waals surface area (Å²) in [5.41, 5.74) is 1.43. The summed E-state index contributed by atoms with van der Waals surface area (Å²) in [5.74, 6) is 0.691. The number of aliphatic hydroxyl groups excluding tert-OH is 1. The molecule has 1 aromatic rings. The molecule has 0 heterocycles. The van der Waals surface area contributed by atoms with Crippen LogP contribution in [0, 0.1) is 0 Å². The Morgan fingerprint density at radius 1 is 1.35 bits per heavy atom. The smallest absolute Gasteiger partial charge is 0.0584 e. The third-order valence-electron chi connectivity index (χ3n) is 3.66. The molecule has 0 aliphatic heterocycles. The minimum absolute atomic E-state index is 0.246. The molecule has 3 heteroatoms. The number of halogens is 1. The second kappa shape index (κ2) is 5.98. The molecule has 0 saturated heterocycles. The summed E-state index contributed by atoms with van der Waals surface area (Å²) in [6.45, 7) is 2.36.